The minimum absolute atomic E-state index is 0.444. The van der Waals surface area contributed by atoms with Gasteiger partial charge in [0, 0.05) is 18.8 Å². The standard InChI is InChI=1S/C9H11ClN2O2/c1-11(14-2)9(13)12(10)8-6-4-3-5-7-8/h3-7H,1-2H3. The lowest BCUT2D eigenvalue weighted by molar-refractivity contribution is -0.0610. The molecule has 76 valence electrons. The van der Waals surface area contributed by atoms with Crippen LogP contribution in [0.25, 0.3) is 0 Å². The van der Waals surface area contributed by atoms with Crippen molar-refractivity contribution in [1.29, 1.82) is 0 Å². The van der Waals surface area contributed by atoms with E-state index in [9.17, 15) is 4.79 Å². The Bertz CT molecular complexity index is 305. The molecule has 0 aliphatic carbocycles. The van der Waals surface area contributed by atoms with Gasteiger partial charge >= 0.3 is 6.03 Å². The first kappa shape index (κ1) is 10.8. The third kappa shape index (κ3) is 2.37. The first-order chi connectivity index (χ1) is 6.66. The molecule has 1 aromatic carbocycles. The van der Waals surface area contributed by atoms with Crippen molar-refractivity contribution in [2.24, 2.45) is 0 Å². The summed E-state index contributed by atoms with van der Waals surface area (Å²) in [5.74, 6) is 0. The Labute approximate surface area is 87.7 Å². The molecule has 1 rings (SSSR count). The van der Waals surface area contributed by atoms with E-state index < -0.39 is 6.03 Å². The van der Waals surface area contributed by atoms with E-state index in [2.05, 4.69) is 0 Å². The van der Waals surface area contributed by atoms with Crippen molar-refractivity contribution in [3.05, 3.63) is 30.3 Å². The number of carbonyl (C=O) groups excluding carboxylic acids is 1. The number of nitrogens with zero attached hydrogens (tertiary/aromatic N) is 2. The molecule has 0 saturated carbocycles. The van der Waals surface area contributed by atoms with Crippen LogP contribution < -0.4 is 4.42 Å². The van der Waals surface area contributed by atoms with E-state index >= 15 is 0 Å². The smallest absolute Gasteiger partial charge is 0.273 e. The molecule has 0 aliphatic rings. The van der Waals surface area contributed by atoms with Gasteiger partial charge in [-0.3, -0.25) is 4.84 Å². The fourth-order valence-corrected chi connectivity index (χ4v) is 1.09. The van der Waals surface area contributed by atoms with E-state index in [1.165, 1.54) is 14.2 Å². The van der Waals surface area contributed by atoms with E-state index in [1.807, 2.05) is 6.07 Å². The quantitative estimate of drug-likeness (QED) is 0.559. The highest BCUT2D eigenvalue weighted by molar-refractivity contribution is 6.36. The molecule has 0 radical (unpaired) electrons. The van der Waals surface area contributed by atoms with Gasteiger partial charge in [0.15, 0.2) is 0 Å². The second-order valence-electron chi connectivity index (χ2n) is 2.58. The predicted octanol–water partition coefficient (Wildman–Crippen LogP) is 2.26. The topological polar surface area (TPSA) is 32.8 Å². The molecule has 4 nitrogen and oxygen atoms in total. The van der Waals surface area contributed by atoms with E-state index in [0.717, 1.165) is 9.48 Å². The molecule has 1 aromatic rings. The predicted molar refractivity (Wildman–Crippen MR) is 54.9 cm³/mol. The number of rotatable bonds is 2. The Morgan fingerprint density at radius 2 is 1.93 bits per heavy atom. The van der Waals surface area contributed by atoms with Crippen molar-refractivity contribution in [1.82, 2.24) is 5.06 Å². The van der Waals surface area contributed by atoms with Crippen LogP contribution in [0, 0.1) is 0 Å². The van der Waals surface area contributed by atoms with Crippen LogP contribution in [0.4, 0.5) is 10.5 Å². The van der Waals surface area contributed by atoms with Gasteiger partial charge in [-0.2, -0.15) is 0 Å². The van der Waals surface area contributed by atoms with Gasteiger partial charge in [0.05, 0.1) is 12.8 Å². The van der Waals surface area contributed by atoms with Crippen LogP contribution in [-0.4, -0.2) is 25.3 Å². The number of hydroxylamine groups is 2. The SMILES string of the molecule is CON(C)C(=O)N(Cl)c1ccccc1. The van der Waals surface area contributed by atoms with Gasteiger partial charge in [-0.05, 0) is 12.1 Å². The summed E-state index contributed by atoms with van der Waals surface area (Å²) in [4.78, 5) is 16.2. The summed E-state index contributed by atoms with van der Waals surface area (Å²) in [5.41, 5.74) is 0.600. The van der Waals surface area contributed by atoms with Crippen LogP contribution >= 0.6 is 11.8 Å². The zero-order valence-corrected chi connectivity index (χ0v) is 8.73. The first-order valence-corrected chi connectivity index (χ1v) is 4.33. The zero-order chi connectivity index (χ0) is 10.6. The highest BCUT2D eigenvalue weighted by Gasteiger charge is 2.17. The number of urea groups is 1. The van der Waals surface area contributed by atoms with Crippen molar-refractivity contribution in [2.75, 3.05) is 18.6 Å². The summed E-state index contributed by atoms with van der Waals surface area (Å²) in [6, 6.07) is 8.46. The van der Waals surface area contributed by atoms with Gasteiger partial charge in [0.1, 0.15) is 0 Å². The molecule has 2 amide bonds. The lowest BCUT2D eigenvalue weighted by Gasteiger charge is -2.19. The molecule has 0 fully saturated rings. The summed E-state index contributed by atoms with van der Waals surface area (Å²) in [6.07, 6.45) is 0. The van der Waals surface area contributed by atoms with Crippen LogP contribution in [0.5, 0.6) is 0 Å². The number of anilines is 1. The maximum atomic E-state index is 11.5. The normalized spacial score (nSPS) is 9.64. The molecule has 5 heteroatoms. The Hall–Kier alpha value is -1.26. The molecular formula is C9H11ClN2O2. The van der Waals surface area contributed by atoms with Crippen LogP contribution in [0.15, 0.2) is 30.3 Å². The molecule has 0 saturated heterocycles. The highest BCUT2D eigenvalue weighted by Crippen LogP contribution is 2.16. The second-order valence-corrected chi connectivity index (χ2v) is 2.92. The molecule has 0 aliphatic heterocycles. The van der Waals surface area contributed by atoms with Crippen molar-refractivity contribution < 1.29 is 9.63 Å². The largest absolute Gasteiger partial charge is 0.362 e. The van der Waals surface area contributed by atoms with Gasteiger partial charge in [0.2, 0.25) is 0 Å². The van der Waals surface area contributed by atoms with Gasteiger partial charge in [-0.15, -0.1) is 0 Å². The van der Waals surface area contributed by atoms with E-state index in [4.69, 9.17) is 16.6 Å². The number of amides is 2. The maximum absolute atomic E-state index is 11.5. The minimum atomic E-state index is -0.444. The van der Waals surface area contributed by atoms with Gasteiger partial charge in [-0.25, -0.2) is 14.3 Å². The highest BCUT2D eigenvalue weighted by atomic mass is 35.5. The van der Waals surface area contributed by atoms with Crippen LogP contribution in [0.2, 0.25) is 0 Å². The Balaban J connectivity index is 2.76. The lowest BCUT2D eigenvalue weighted by Crippen LogP contribution is -2.34. The van der Waals surface area contributed by atoms with Crippen LogP contribution in [-0.2, 0) is 4.84 Å². The average Bonchev–Trinajstić information content (AvgIpc) is 2.27. The molecule has 0 spiro atoms. The molecule has 0 N–H and O–H groups in total. The fourth-order valence-electron chi connectivity index (χ4n) is 0.871. The molecule has 0 heterocycles. The van der Waals surface area contributed by atoms with Crippen LogP contribution in [0.1, 0.15) is 0 Å². The van der Waals surface area contributed by atoms with Crippen molar-refractivity contribution in [3.8, 4) is 0 Å². The third-order valence-electron chi connectivity index (χ3n) is 1.69. The molecule has 0 unspecified atom stereocenters. The second kappa shape index (κ2) is 4.83. The number of hydrogen-bond donors (Lipinski definition) is 0. The third-order valence-corrected chi connectivity index (χ3v) is 2.03. The zero-order valence-electron chi connectivity index (χ0n) is 7.98. The van der Waals surface area contributed by atoms with Crippen molar-refractivity contribution >= 4 is 23.5 Å². The molecule has 0 aromatic heterocycles. The number of benzene rings is 1. The molecule has 14 heavy (non-hydrogen) atoms. The van der Waals surface area contributed by atoms with E-state index in [-0.39, 0.29) is 0 Å². The monoisotopic (exact) mass is 214 g/mol. The fraction of sp³-hybridized carbons (Fsp3) is 0.222. The average molecular weight is 215 g/mol. The van der Waals surface area contributed by atoms with Gasteiger partial charge in [0.25, 0.3) is 0 Å². The summed E-state index contributed by atoms with van der Waals surface area (Å²) in [7, 11) is 2.88. The Morgan fingerprint density at radius 1 is 1.36 bits per heavy atom. The number of para-hydroxylation sites is 1. The summed E-state index contributed by atoms with van der Waals surface area (Å²) < 4.78 is 0.990. The Morgan fingerprint density at radius 3 is 2.43 bits per heavy atom. The maximum Gasteiger partial charge on any atom is 0.362 e. The van der Waals surface area contributed by atoms with E-state index in [0.29, 0.717) is 5.69 Å². The van der Waals surface area contributed by atoms with E-state index in [1.54, 1.807) is 24.3 Å². The van der Waals surface area contributed by atoms with Crippen molar-refractivity contribution in [3.63, 3.8) is 0 Å². The van der Waals surface area contributed by atoms with Gasteiger partial charge in [-0.1, -0.05) is 18.2 Å². The minimum Gasteiger partial charge on any atom is -0.273 e. The van der Waals surface area contributed by atoms with Crippen LogP contribution in [0.3, 0.4) is 0 Å². The number of halogens is 1. The molecule has 0 atom stereocenters. The summed E-state index contributed by atoms with van der Waals surface area (Å²) >= 11 is 5.79. The molecular weight excluding hydrogens is 204 g/mol. The number of hydrogen-bond acceptors (Lipinski definition) is 2. The lowest BCUT2D eigenvalue weighted by atomic mass is 10.3. The summed E-state index contributed by atoms with van der Waals surface area (Å²) in [6.45, 7) is 0. The first-order valence-electron chi connectivity index (χ1n) is 3.99. The summed E-state index contributed by atoms with van der Waals surface area (Å²) in [5, 5.41) is 1.04. The van der Waals surface area contributed by atoms with Crippen molar-refractivity contribution in [2.45, 2.75) is 0 Å². The number of carbonyl (C=O) groups is 1. The Kier molecular flexibility index (Phi) is 3.73. The van der Waals surface area contributed by atoms with Gasteiger partial charge < -0.3 is 0 Å². The molecule has 0 bridgehead atoms.